The molecule has 5 nitrogen and oxygen atoms in total. The molecule has 0 spiro atoms. The third kappa shape index (κ3) is 2.79. The van der Waals surface area contributed by atoms with Crippen molar-refractivity contribution >= 4 is 30.0 Å². The van der Waals surface area contributed by atoms with Crippen LogP contribution in [-0.2, 0) is 0 Å². The number of phenolic OH excluding ortho intramolecular Hbond substituents is 1. The molecule has 2 aromatic carbocycles. The van der Waals surface area contributed by atoms with Crippen LogP contribution >= 0.6 is 23.8 Å². The maximum Gasteiger partial charge on any atom is 0.216 e. The van der Waals surface area contributed by atoms with Gasteiger partial charge in [0.2, 0.25) is 4.77 Å². The average molecular weight is 331 g/mol. The normalized spacial score (nSPS) is 11.1. The van der Waals surface area contributed by atoms with Crippen LogP contribution in [0, 0.1) is 4.77 Å². The lowest BCUT2D eigenvalue weighted by Crippen LogP contribution is -1.95. The first kappa shape index (κ1) is 14.5. The molecule has 3 aromatic rings. The predicted octanol–water partition coefficient (Wildman–Crippen LogP) is 3.85. The second kappa shape index (κ2) is 6.13. The number of halogens is 1. The number of aromatic nitrogens is 3. The highest BCUT2D eigenvalue weighted by molar-refractivity contribution is 7.71. The molecule has 3 rings (SSSR count). The van der Waals surface area contributed by atoms with Crippen LogP contribution in [0.25, 0.3) is 11.4 Å². The first-order valence-corrected chi connectivity index (χ1v) is 7.20. The van der Waals surface area contributed by atoms with Crippen molar-refractivity contribution in [2.45, 2.75) is 0 Å². The lowest BCUT2D eigenvalue weighted by atomic mass is 10.2. The molecule has 2 N–H and O–H groups in total. The summed E-state index contributed by atoms with van der Waals surface area (Å²) < 4.78 is 1.80. The van der Waals surface area contributed by atoms with Crippen molar-refractivity contribution in [2.75, 3.05) is 0 Å². The number of hydrogen-bond acceptors (Lipinski definition) is 4. The minimum atomic E-state index is 0.139. The van der Waals surface area contributed by atoms with Gasteiger partial charge in [0.1, 0.15) is 5.75 Å². The zero-order chi connectivity index (χ0) is 15.5. The highest BCUT2D eigenvalue weighted by Crippen LogP contribution is 2.26. The quantitative estimate of drug-likeness (QED) is 0.566. The number of phenols is 1. The van der Waals surface area contributed by atoms with Gasteiger partial charge in [0.05, 0.1) is 11.2 Å². The molecule has 0 unspecified atom stereocenters. The van der Waals surface area contributed by atoms with E-state index in [2.05, 4.69) is 15.3 Å². The highest BCUT2D eigenvalue weighted by Gasteiger charge is 2.11. The van der Waals surface area contributed by atoms with E-state index in [1.54, 1.807) is 24.3 Å². The van der Waals surface area contributed by atoms with E-state index in [1.165, 1.54) is 10.9 Å². The van der Waals surface area contributed by atoms with Crippen LogP contribution in [0.5, 0.6) is 5.75 Å². The molecule has 0 bridgehead atoms. The molecular weight excluding hydrogens is 320 g/mol. The van der Waals surface area contributed by atoms with Crippen molar-refractivity contribution in [1.82, 2.24) is 14.9 Å². The Bertz CT molecular complexity index is 900. The van der Waals surface area contributed by atoms with Crippen LogP contribution in [0.3, 0.4) is 0 Å². The molecule has 1 heterocycles. The summed E-state index contributed by atoms with van der Waals surface area (Å²) in [6, 6.07) is 14.2. The fraction of sp³-hybridized carbons (Fsp3) is 0. The molecule has 0 amide bonds. The maximum absolute atomic E-state index is 9.77. The Morgan fingerprint density at radius 1 is 1.18 bits per heavy atom. The van der Waals surface area contributed by atoms with Gasteiger partial charge in [-0.15, -0.1) is 0 Å². The molecule has 0 aliphatic rings. The van der Waals surface area contributed by atoms with Crippen LogP contribution in [0.15, 0.2) is 53.6 Å². The molecule has 22 heavy (non-hydrogen) atoms. The van der Waals surface area contributed by atoms with Crippen molar-refractivity contribution < 1.29 is 5.11 Å². The van der Waals surface area contributed by atoms with Gasteiger partial charge in [-0.05, 0) is 36.5 Å². The van der Waals surface area contributed by atoms with E-state index < -0.39 is 0 Å². The van der Waals surface area contributed by atoms with E-state index in [9.17, 15) is 5.11 Å². The number of rotatable bonds is 3. The van der Waals surface area contributed by atoms with Crippen LogP contribution in [0.2, 0.25) is 5.02 Å². The van der Waals surface area contributed by atoms with Crippen molar-refractivity contribution in [2.24, 2.45) is 5.10 Å². The van der Waals surface area contributed by atoms with Crippen molar-refractivity contribution in [1.29, 1.82) is 0 Å². The van der Waals surface area contributed by atoms with Crippen molar-refractivity contribution in [3.05, 3.63) is 63.9 Å². The first-order valence-electron chi connectivity index (χ1n) is 6.41. The number of aromatic amines is 1. The van der Waals surface area contributed by atoms with Crippen LogP contribution in [-0.4, -0.2) is 26.2 Å². The second-order valence-electron chi connectivity index (χ2n) is 4.45. The average Bonchev–Trinajstić information content (AvgIpc) is 2.88. The number of H-pyrrole nitrogens is 1. The minimum absolute atomic E-state index is 0.139. The van der Waals surface area contributed by atoms with Gasteiger partial charge in [0, 0.05) is 11.1 Å². The zero-order valence-corrected chi connectivity index (χ0v) is 12.8. The maximum atomic E-state index is 9.77. The number of nitrogens with one attached hydrogen (secondary N) is 1. The summed E-state index contributed by atoms with van der Waals surface area (Å²) in [5.74, 6) is 0.642. The molecule has 7 heteroatoms. The van der Waals surface area contributed by atoms with E-state index in [0.717, 1.165) is 0 Å². The van der Waals surface area contributed by atoms with Gasteiger partial charge < -0.3 is 5.11 Å². The van der Waals surface area contributed by atoms with Gasteiger partial charge in [-0.25, -0.2) is 5.10 Å². The molecule has 0 radical (unpaired) electrons. The lowest BCUT2D eigenvalue weighted by molar-refractivity contribution is 0.474. The summed E-state index contributed by atoms with van der Waals surface area (Å²) in [6.07, 6.45) is 1.51. The fourth-order valence-electron chi connectivity index (χ4n) is 1.93. The lowest BCUT2D eigenvalue weighted by Gasteiger charge is -2.03. The minimum Gasteiger partial charge on any atom is -0.507 e. The zero-order valence-electron chi connectivity index (χ0n) is 11.3. The van der Waals surface area contributed by atoms with E-state index in [4.69, 9.17) is 23.8 Å². The summed E-state index contributed by atoms with van der Waals surface area (Å²) >= 11 is 11.4. The van der Waals surface area contributed by atoms with Gasteiger partial charge in [-0.2, -0.15) is 14.9 Å². The Morgan fingerprint density at radius 2 is 1.91 bits per heavy atom. The Morgan fingerprint density at radius 3 is 2.68 bits per heavy atom. The molecular formula is C15H11ClN4OS. The molecule has 0 atom stereocenters. The highest BCUT2D eigenvalue weighted by atomic mass is 35.5. The van der Waals surface area contributed by atoms with Gasteiger partial charge in [0.25, 0.3) is 0 Å². The number of benzene rings is 2. The summed E-state index contributed by atoms with van der Waals surface area (Å²) in [5, 5.41) is 21.5. The van der Waals surface area contributed by atoms with E-state index >= 15 is 0 Å². The monoisotopic (exact) mass is 330 g/mol. The topological polar surface area (TPSA) is 66.2 Å². The van der Waals surface area contributed by atoms with Gasteiger partial charge in [-0.3, -0.25) is 0 Å². The molecule has 0 fully saturated rings. The summed E-state index contributed by atoms with van der Waals surface area (Å²) in [6.45, 7) is 0. The molecule has 1 aromatic heterocycles. The summed E-state index contributed by atoms with van der Waals surface area (Å²) in [4.78, 5) is 0. The molecule has 0 saturated carbocycles. The van der Waals surface area contributed by atoms with E-state index in [-0.39, 0.29) is 5.75 Å². The standard InChI is InChI=1S/C15H11ClN4OS/c16-12-7-3-2-6-11(12)14-18-19-15(22)20(14)17-9-10-5-1-4-8-13(10)21/h1-9,21H,(H,19,22)/b17-9+. The van der Waals surface area contributed by atoms with Gasteiger partial charge >= 0.3 is 0 Å². The molecule has 110 valence electrons. The predicted molar refractivity (Wildman–Crippen MR) is 89.0 cm³/mol. The molecule has 0 aliphatic carbocycles. The Kier molecular flexibility index (Phi) is 4.04. The van der Waals surface area contributed by atoms with Crippen LogP contribution < -0.4 is 0 Å². The van der Waals surface area contributed by atoms with E-state index in [1.807, 2.05) is 24.3 Å². The van der Waals surface area contributed by atoms with Crippen molar-refractivity contribution in [3.63, 3.8) is 0 Å². The van der Waals surface area contributed by atoms with Gasteiger partial charge in [-0.1, -0.05) is 35.9 Å². The Labute approximate surface area is 136 Å². The first-order chi connectivity index (χ1) is 10.7. The Hall–Kier alpha value is -2.44. The number of hydrogen-bond donors (Lipinski definition) is 2. The Balaban J connectivity index is 2.06. The number of nitrogens with zero attached hydrogens (tertiary/aromatic N) is 3. The van der Waals surface area contributed by atoms with Gasteiger partial charge in [0.15, 0.2) is 5.82 Å². The third-order valence-corrected chi connectivity index (χ3v) is 3.61. The number of para-hydroxylation sites is 1. The van der Waals surface area contributed by atoms with Crippen LogP contribution in [0.4, 0.5) is 0 Å². The second-order valence-corrected chi connectivity index (χ2v) is 5.24. The summed E-state index contributed by atoms with van der Waals surface area (Å²) in [7, 11) is 0. The van der Waals surface area contributed by atoms with E-state index in [0.29, 0.717) is 26.7 Å². The van der Waals surface area contributed by atoms with Crippen LogP contribution in [0.1, 0.15) is 5.56 Å². The summed E-state index contributed by atoms with van der Waals surface area (Å²) in [5.41, 5.74) is 1.29. The fourth-order valence-corrected chi connectivity index (χ4v) is 2.33. The number of aromatic hydroxyl groups is 1. The largest absolute Gasteiger partial charge is 0.507 e. The smallest absolute Gasteiger partial charge is 0.216 e. The molecule has 0 saturated heterocycles. The molecule has 0 aliphatic heterocycles. The van der Waals surface area contributed by atoms with Crippen molar-refractivity contribution in [3.8, 4) is 17.1 Å². The third-order valence-electron chi connectivity index (χ3n) is 3.01. The SMILES string of the molecule is Oc1ccccc1/C=N/n1c(-c2ccccc2Cl)n[nH]c1=S.